The van der Waals surface area contributed by atoms with Crippen LogP contribution in [0.15, 0.2) is 112 Å². The number of hydrogen-bond acceptors (Lipinski definition) is 6. The largest absolute Gasteiger partial charge is 0.496 e. The molecule has 0 radical (unpaired) electrons. The summed E-state index contributed by atoms with van der Waals surface area (Å²) < 4.78 is 13.2. The Morgan fingerprint density at radius 2 is 1.38 bits per heavy atom. The van der Waals surface area contributed by atoms with Crippen molar-refractivity contribution in [1.82, 2.24) is 9.88 Å². The number of unbranched alkanes of at least 4 members (excludes halogenated alkanes) is 2. The molecule has 0 fully saturated rings. The predicted octanol–water partition coefficient (Wildman–Crippen LogP) is 13.7. The van der Waals surface area contributed by atoms with Gasteiger partial charge in [-0.3, -0.25) is 9.59 Å². The molecule has 0 aliphatic heterocycles. The van der Waals surface area contributed by atoms with Crippen molar-refractivity contribution < 1.29 is 19.1 Å². The molecule has 310 valence electrons. The molecule has 6 aromatic rings. The monoisotopic (exact) mass is 928 g/mol. The summed E-state index contributed by atoms with van der Waals surface area (Å²) in [6.45, 7) is 4.58. The maximum absolute atomic E-state index is 12.1. The third-order valence-electron chi connectivity index (χ3n) is 12.1. The molecule has 0 bridgehead atoms. The zero-order valence-corrected chi connectivity index (χ0v) is 38.8. The second-order valence-electron chi connectivity index (χ2n) is 16.3. The summed E-state index contributed by atoms with van der Waals surface area (Å²) in [5.41, 5.74) is 10.9. The number of nitrogens with zero attached hydrogens (tertiary/aromatic N) is 2. The van der Waals surface area contributed by atoms with E-state index in [4.69, 9.17) is 14.5 Å². The van der Waals surface area contributed by atoms with Gasteiger partial charge in [0.1, 0.15) is 11.5 Å². The van der Waals surface area contributed by atoms with Crippen molar-refractivity contribution in [1.29, 1.82) is 0 Å². The standard InChI is InChI=1S/C29H30BrNO.C13H15NO2.C10H9BrO/c1-4-6-15-29(16-7-5-2)23-9-8-10-25(32-3)26(23)28-24(29)17-20-12-11-19-13-14-21(30)18-22(19)27(20)31-28;1-14(2)8-10-7-9-5-4-6-11(16-3)12(9)13(10)15;11-8-5-4-7-2-1-3-10(12)9(7)6-8/h8-14,17-18H,4-7,15-16H2,1-3H3;4-6,8H,7H2,1-3H3;4-6H,1-3H2/b;10-8+;. The van der Waals surface area contributed by atoms with Crippen molar-refractivity contribution in [2.75, 3.05) is 28.3 Å². The van der Waals surface area contributed by atoms with Gasteiger partial charge in [0.2, 0.25) is 0 Å². The van der Waals surface area contributed by atoms with E-state index in [-0.39, 0.29) is 17.0 Å². The van der Waals surface area contributed by atoms with Gasteiger partial charge >= 0.3 is 0 Å². The highest BCUT2D eigenvalue weighted by Gasteiger charge is 2.44. The van der Waals surface area contributed by atoms with Gasteiger partial charge in [-0.2, -0.15) is 0 Å². The van der Waals surface area contributed by atoms with Gasteiger partial charge < -0.3 is 14.4 Å². The first kappa shape index (κ1) is 43.3. The minimum atomic E-state index is 0.0125. The lowest BCUT2D eigenvalue weighted by Crippen LogP contribution is -2.25. The summed E-state index contributed by atoms with van der Waals surface area (Å²) >= 11 is 7.02. The summed E-state index contributed by atoms with van der Waals surface area (Å²) in [6.07, 6.45) is 12.5. The number of carbonyl (C=O) groups excluding carboxylic acids is 2. The van der Waals surface area contributed by atoms with E-state index in [0.717, 1.165) is 73.9 Å². The Bertz CT molecular complexity index is 2600. The number of methoxy groups -OCH3 is 2. The molecule has 0 saturated heterocycles. The lowest BCUT2D eigenvalue weighted by molar-refractivity contribution is 0.0971. The molecular formula is C52H54Br2N2O4. The second kappa shape index (κ2) is 18.9. The van der Waals surface area contributed by atoms with Crippen LogP contribution in [0.3, 0.4) is 0 Å². The highest BCUT2D eigenvalue weighted by molar-refractivity contribution is 9.10. The molecule has 0 N–H and O–H groups in total. The normalized spacial score (nSPS) is 15.0. The van der Waals surface area contributed by atoms with Crippen LogP contribution in [0.2, 0.25) is 0 Å². The van der Waals surface area contributed by atoms with Crippen LogP contribution in [0.4, 0.5) is 0 Å². The highest BCUT2D eigenvalue weighted by Crippen LogP contribution is 2.56. The number of ketones is 2. The van der Waals surface area contributed by atoms with Crippen molar-refractivity contribution in [3.8, 4) is 22.8 Å². The Balaban J connectivity index is 0.000000160. The van der Waals surface area contributed by atoms with Crippen LogP contribution in [0.5, 0.6) is 11.5 Å². The van der Waals surface area contributed by atoms with Crippen LogP contribution in [0, 0.1) is 0 Å². The van der Waals surface area contributed by atoms with Gasteiger partial charge in [-0.15, -0.1) is 0 Å². The fraction of sp³-hybridized carbons (Fsp3) is 0.327. The van der Waals surface area contributed by atoms with E-state index < -0.39 is 0 Å². The Morgan fingerprint density at radius 3 is 2.08 bits per heavy atom. The van der Waals surface area contributed by atoms with Gasteiger partial charge in [0.25, 0.3) is 0 Å². The molecule has 60 heavy (non-hydrogen) atoms. The Labute approximate surface area is 371 Å². The molecule has 1 heterocycles. The second-order valence-corrected chi connectivity index (χ2v) is 18.1. The molecule has 5 aromatic carbocycles. The minimum Gasteiger partial charge on any atom is -0.496 e. The van der Waals surface area contributed by atoms with Crippen LogP contribution in [0.25, 0.3) is 32.9 Å². The van der Waals surface area contributed by atoms with Crippen LogP contribution in [0.1, 0.15) is 108 Å². The number of halogens is 2. The summed E-state index contributed by atoms with van der Waals surface area (Å²) in [4.78, 5) is 30.8. The maximum Gasteiger partial charge on any atom is 0.194 e. The molecule has 1 aromatic heterocycles. The van der Waals surface area contributed by atoms with E-state index in [1.807, 2.05) is 61.6 Å². The van der Waals surface area contributed by atoms with E-state index in [2.05, 4.69) is 100 Å². The minimum absolute atomic E-state index is 0.0125. The maximum atomic E-state index is 12.1. The summed E-state index contributed by atoms with van der Waals surface area (Å²) in [6, 6.07) is 31.6. The summed E-state index contributed by atoms with van der Waals surface area (Å²) in [5.74, 6) is 1.98. The van der Waals surface area contributed by atoms with Crippen molar-refractivity contribution in [2.24, 2.45) is 0 Å². The van der Waals surface area contributed by atoms with Gasteiger partial charge in [-0.05, 0) is 95.8 Å². The SMILES string of the molecule is CCCCC1(CCCC)c2cc3ccc4ccc(Br)cc4c3nc2-c2c(OC)cccc21.COc1cccc2c1C(=O)/C(=C/N(C)C)C2.O=C1CCCc2ccc(Br)cc21. The average molecular weight is 931 g/mol. The quantitative estimate of drug-likeness (QED) is 0.106. The molecule has 0 atom stereocenters. The number of aryl methyl sites for hydroxylation is 1. The third-order valence-corrected chi connectivity index (χ3v) is 13.0. The van der Waals surface area contributed by atoms with Gasteiger partial charge in [-0.1, -0.05) is 120 Å². The number of pyridine rings is 1. The topological polar surface area (TPSA) is 68.7 Å². The zero-order chi connectivity index (χ0) is 42.6. The number of allylic oxidation sites excluding steroid dienone is 1. The number of ether oxygens (including phenoxy) is 2. The molecule has 3 aliphatic carbocycles. The van der Waals surface area contributed by atoms with Crippen LogP contribution in [-0.4, -0.2) is 49.8 Å². The number of benzene rings is 5. The van der Waals surface area contributed by atoms with Crippen molar-refractivity contribution in [3.05, 3.63) is 145 Å². The first-order chi connectivity index (χ1) is 29.0. The first-order valence-electron chi connectivity index (χ1n) is 21.1. The predicted molar refractivity (Wildman–Crippen MR) is 253 cm³/mol. The smallest absolute Gasteiger partial charge is 0.194 e. The molecule has 9 rings (SSSR count). The number of Topliss-reactive ketones (excluding diaryl/α,β-unsaturated/α-hetero) is 2. The van der Waals surface area contributed by atoms with Gasteiger partial charge in [0.15, 0.2) is 11.6 Å². The van der Waals surface area contributed by atoms with Crippen LogP contribution in [-0.2, 0) is 18.3 Å². The fourth-order valence-electron chi connectivity index (χ4n) is 9.21. The van der Waals surface area contributed by atoms with E-state index in [1.54, 1.807) is 14.2 Å². The fourth-order valence-corrected chi connectivity index (χ4v) is 9.93. The van der Waals surface area contributed by atoms with Crippen molar-refractivity contribution in [2.45, 2.75) is 83.5 Å². The molecule has 0 spiro atoms. The molecule has 8 heteroatoms. The highest BCUT2D eigenvalue weighted by atomic mass is 79.9. The lowest BCUT2D eigenvalue weighted by Gasteiger charge is -2.32. The first-order valence-corrected chi connectivity index (χ1v) is 22.7. The van der Waals surface area contributed by atoms with Gasteiger partial charge in [0.05, 0.1) is 31.0 Å². The van der Waals surface area contributed by atoms with Crippen molar-refractivity contribution in [3.63, 3.8) is 0 Å². The van der Waals surface area contributed by atoms with E-state index >= 15 is 0 Å². The van der Waals surface area contributed by atoms with Crippen LogP contribution < -0.4 is 9.47 Å². The van der Waals surface area contributed by atoms with E-state index in [9.17, 15) is 9.59 Å². The van der Waals surface area contributed by atoms with E-state index in [0.29, 0.717) is 18.6 Å². The lowest BCUT2D eigenvalue weighted by atomic mass is 9.71. The van der Waals surface area contributed by atoms with E-state index in [1.165, 1.54) is 64.1 Å². The number of rotatable bonds is 9. The van der Waals surface area contributed by atoms with Crippen molar-refractivity contribution >= 4 is 65.1 Å². The molecule has 0 saturated carbocycles. The number of hydrogen-bond donors (Lipinski definition) is 0. The summed E-state index contributed by atoms with van der Waals surface area (Å²) in [5, 5.41) is 3.63. The molecular weight excluding hydrogens is 876 g/mol. The molecule has 0 amide bonds. The number of carbonyl (C=O) groups is 2. The Hall–Kier alpha value is -4.79. The van der Waals surface area contributed by atoms with Gasteiger partial charge in [0, 0.05) is 75.0 Å². The van der Waals surface area contributed by atoms with Crippen LogP contribution >= 0.6 is 31.9 Å². The van der Waals surface area contributed by atoms with Gasteiger partial charge in [-0.25, -0.2) is 4.98 Å². The Morgan fingerprint density at radius 1 is 0.733 bits per heavy atom. The third kappa shape index (κ3) is 8.55. The zero-order valence-electron chi connectivity index (χ0n) is 35.6. The Kier molecular flexibility index (Phi) is 13.6. The molecule has 6 nitrogen and oxygen atoms in total. The molecule has 3 aliphatic rings. The number of fused-ring (bicyclic) bond motifs is 8. The average Bonchev–Trinajstić information content (AvgIpc) is 3.71. The summed E-state index contributed by atoms with van der Waals surface area (Å²) in [7, 11) is 7.21. The molecule has 0 unspecified atom stereocenters. The number of aromatic nitrogens is 1.